The van der Waals surface area contributed by atoms with E-state index in [0.717, 1.165) is 41.2 Å². The SMILES string of the molecule is CCC(CCl)NCCC[As]c1c2ccc(Cl)cc2nc2ccc(OC)cc12. The van der Waals surface area contributed by atoms with Crippen LogP contribution in [0.25, 0.3) is 21.8 Å². The molecule has 1 unspecified atom stereocenters. The topological polar surface area (TPSA) is 34.2 Å². The molecule has 0 spiro atoms. The van der Waals surface area contributed by atoms with E-state index in [-0.39, 0.29) is 15.8 Å². The summed E-state index contributed by atoms with van der Waals surface area (Å²) in [7, 11) is 1.70. The first-order valence-electron chi connectivity index (χ1n) is 9.20. The van der Waals surface area contributed by atoms with E-state index in [1.807, 2.05) is 24.3 Å². The van der Waals surface area contributed by atoms with Crippen molar-refractivity contribution in [1.82, 2.24) is 10.3 Å². The normalized spacial score (nSPS) is 13.0. The summed E-state index contributed by atoms with van der Waals surface area (Å²) in [5, 5.41) is 7.86. The first-order valence-corrected chi connectivity index (χ1v) is 12.4. The molecule has 1 heterocycles. The Morgan fingerprint density at radius 1 is 1.15 bits per heavy atom. The molecular weight excluding hydrogens is 442 g/mol. The predicted molar refractivity (Wildman–Crippen MR) is 118 cm³/mol. The van der Waals surface area contributed by atoms with Gasteiger partial charge in [0.05, 0.1) is 0 Å². The molecule has 0 bridgehead atoms. The molecule has 1 atom stereocenters. The van der Waals surface area contributed by atoms with Crippen molar-refractivity contribution < 1.29 is 4.74 Å². The number of nitrogens with zero attached hydrogens (tertiary/aromatic N) is 1. The zero-order chi connectivity index (χ0) is 19.2. The van der Waals surface area contributed by atoms with Gasteiger partial charge in [0, 0.05) is 0 Å². The summed E-state index contributed by atoms with van der Waals surface area (Å²) in [6.07, 6.45) is 2.22. The molecule has 0 fully saturated rings. The van der Waals surface area contributed by atoms with Gasteiger partial charge in [-0.05, 0) is 0 Å². The van der Waals surface area contributed by atoms with Crippen LogP contribution in [0.4, 0.5) is 0 Å². The molecule has 0 saturated heterocycles. The molecule has 6 heteroatoms. The fourth-order valence-corrected chi connectivity index (χ4v) is 6.17. The molecule has 0 aliphatic carbocycles. The van der Waals surface area contributed by atoms with Crippen LogP contribution >= 0.6 is 23.2 Å². The molecule has 3 rings (SSSR count). The van der Waals surface area contributed by atoms with E-state index >= 15 is 0 Å². The summed E-state index contributed by atoms with van der Waals surface area (Å²) in [5.74, 6) is 1.54. The van der Waals surface area contributed by atoms with Gasteiger partial charge < -0.3 is 0 Å². The van der Waals surface area contributed by atoms with Crippen molar-refractivity contribution in [3.8, 4) is 5.75 Å². The second-order valence-corrected chi connectivity index (χ2v) is 9.74. The molecule has 0 amide bonds. The Labute approximate surface area is 177 Å². The number of hydrogen-bond acceptors (Lipinski definition) is 3. The van der Waals surface area contributed by atoms with E-state index in [9.17, 15) is 0 Å². The number of hydrogen-bond donors (Lipinski definition) is 1. The number of ether oxygens (including phenoxy) is 1. The minimum atomic E-state index is 0.0111. The van der Waals surface area contributed by atoms with Crippen molar-refractivity contribution in [2.45, 2.75) is 31.0 Å². The maximum atomic E-state index is 6.20. The van der Waals surface area contributed by atoms with Crippen molar-refractivity contribution in [3.05, 3.63) is 41.4 Å². The molecule has 0 saturated carbocycles. The third kappa shape index (κ3) is 5.09. The van der Waals surface area contributed by atoms with Gasteiger partial charge in [0.1, 0.15) is 0 Å². The molecule has 0 aliphatic rings. The standard InChI is InChI=1S/C21H24AsCl2N2O/c1-3-15(13-23)25-10-4-9-22-21-17-7-5-14(24)11-20(17)26-19-8-6-16(27-2)12-18(19)21/h5-8,11-12,15,25H,3-4,9-10,13H2,1-2H3. The summed E-state index contributed by atoms with van der Waals surface area (Å²) in [6.45, 7) is 3.18. The quantitative estimate of drug-likeness (QED) is 0.213. The molecule has 1 aromatic heterocycles. The second-order valence-electron chi connectivity index (χ2n) is 6.45. The fraction of sp³-hybridized carbons (Fsp3) is 0.381. The van der Waals surface area contributed by atoms with Crippen LogP contribution in [-0.4, -0.2) is 46.3 Å². The summed E-state index contributed by atoms with van der Waals surface area (Å²) in [4.78, 5) is 4.81. The maximum absolute atomic E-state index is 6.20. The van der Waals surface area contributed by atoms with Crippen LogP contribution < -0.4 is 14.4 Å². The number of pyridine rings is 1. The van der Waals surface area contributed by atoms with E-state index in [0.29, 0.717) is 11.9 Å². The van der Waals surface area contributed by atoms with Gasteiger partial charge in [-0.3, -0.25) is 0 Å². The third-order valence-corrected chi connectivity index (χ3v) is 8.05. The van der Waals surface area contributed by atoms with Crippen molar-refractivity contribution in [2.24, 2.45) is 0 Å². The number of methoxy groups -OCH3 is 1. The zero-order valence-electron chi connectivity index (χ0n) is 15.6. The second kappa shape index (κ2) is 9.98. The third-order valence-electron chi connectivity index (χ3n) is 4.63. The Morgan fingerprint density at radius 3 is 2.74 bits per heavy atom. The Bertz CT molecular complexity index is 915. The minimum absolute atomic E-state index is 0.0111. The predicted octanol–water partition coefficient (Wildman–Crippen LogP) is 4.79. The molecule has 143 valence electrons. The van der Waals surface area contributed by atoms with Gasteiger partial charge in [-0.25, -0.2) is 0 Å². The average molecular weight is 466 g/mol. The van der Waals surface area contributed by atoms with Gasteiger partial charge in [-0.15, -0.1) is 0 Å². The van der Waals surface area contributed by atoms with Gasteiger partial charge in [0.2, 0.25) is 0 Å². The number of benzene rings is 2. The van der Waals surface area contributed by atoms with Crippen LogP contribution in [0.5, 0.6) is 5.75 Å². The number of aromatic nitrogens is 1. The number of alkyl halides is 1. The van der Waals surface area contributed by atoms with Crippen LogP contribution in [-0.2, 0) is 0 Å². The van der Waals surface area contributed by atoms with Crippen molar-refractivity contribution in [2.75, 3.05) is 19.5 Å². The summed E-state index contributed by atoms with van der Waals surface area (Å²) in [5.41, 5.74) is 1.97. The van der Waals surface area contributed by atoms with E-state index < -0.39 is 0 Å². The Morgan fingerprint density at radius 2 is 2.00 bits per heavy atom. The van der Waals surface area contributed by atoms with Crippen molar-refractivity contribution in [3.63, 3.8) is 0 Å². The molecular formula is C21H24AsCl2N2O. The Hall–Kier alpha value is -0.992. The monoisotopic (exact) mass is 465 g/mol. The van der Waals surface area contributed by atoms with E-state index in [1.54, 1.807) is 7.11 Å². The van der Waals surface area contributed by atoms with Crippen LogP contribution in [0.15, 0.2) is 36.4 Å². The summed E-state index contributed by atoms with van der Waals surface area (Å²) < 4.78 is 6.85. The molecule has 1 N–H and O–H groups in total. The first-order chi connectivity index (χ1) is 13.2. The average Bonchev–Trinajstić information content (AvgIpc) is 2.69. The van der Waals surface area contributed by atoms with Crippen LogP contribution in [0.2, 0.25) is 10.2 Å². The van der Waals surface area contributed by atoms with Gasteiger partial charge in [-0.1, -0.05) is 0 Å². The van der Waals surface area contributed by atoms with Gasteiger partial charge in [-0.2, -0.15) is 0 Å². The molecule has 3 aromatic rings. The Balaban J connectivity index is 1.86. The van der Waals surface area contributed by atoms with Crippen molar-refractivity contribution in [1.29, 1.82) is 0 Å². The van der Waals surface area contributed by atoms with Crippen LogP contribution in [0.3, 0.4) is 0 Å². The molecule has 27 heavy (non-hydrogen) atoms. The number of fused-ring (bicyclic) bond motifs is 2. The molecule has 0 aliphatic heterocycles. The van der Waals surface area contributed by atoms with Crippen LogP contribution in [0.1, 0.15) is 19.8 Å². The molecule has 1 radical (unpaired) electrons. The summed E-state index contributed by atoms with van der Waals surface area (Å²) in [6, 6.07) is 12.5. The fourth-order valence-electron chi connectivity index (χ4n) is 3.06. The van der Waals surface area contributed by atoms with E-state index in [4.69, 9.17) is 32.9 Å². The van der Waals surface area contributed by atoms with Crippen LogP contribution in [0, 0.1) is 0 Å². The number of halogens is 2. The van der Waals surface area contributed by atoms with Crippen molar-refractivity contribution >= 4 is 65.1 Å². The van der Waals surface area contributed by atoms with Gasteiger partial charge in [0.25, 0.3) is 0 Å². The van der Waals surface area contributed by atoms with E-state index in [2.05, 4.69) is 24.4 Å². The zero-order valence-corrected chi connectivity index (χ0v) is 19.0. The first kappa shape index (κ1) is 20.7. The Kier molecular flexibility index (Phi) is 7.66. The number of nitrogens with one attached hydrogen (secondary N) is 1. The molecule has 2 aromatic carbocycles. The number of rotatable bonds is 9. The van der Waals surface area contributed by atoms with Gasteiger partial charge in [0.15, 0.2) is 0 Å². The van der Waals surface area contributed by atoms with Gasteiger partial charge >= 0.3 is 178 Å². The summed E-state index contributed by atoms with van der Waals surface area (Å²) >= 11 is 12.2. The molecule has 3 nitrogen and oxygen atoms in total. The van der Waals surface area contributed by atoms with E-state index in [1.165, 1.54) is 20.3 Å².